The van der Waals surface area contributed by atoms with Gasteiger partial charge in [-0.05, 0) is 16.8 Å². The molecule has 0 aliphatic heterocycles. The Morgan fingerprint density at radius 1 is 1.31 bits per heavy atom. The standard InChI is InChI=1S/C10H10O2S/c11-5-9(12)8-6-13-10-4-2-1-3-7(8)10/h1-4,6,9,11-12H,5H2/t9-/m1/s1. The van der Waals surface area contributed by atoms with Gasteiger partial charge < -0.3 is 10.2 Å². The largest absolute Gasteiger partial charge is 0.393 e. The normalized spacial score (nSPS) is 13.4. The minimum Gasteiger partial charge on any atom is -0.393 e. The second-order valence-electron chi connectivity index (χ2n) is 2.89. The summed E-state index contributed by atoms with van der Waals surface area (Å²) in [6.45, 7) is -0.222. The van der Waals surface area contributed by atoms with E-state index >= 15 is 0 Å². The molecule has 0 unspecified atom stereocenters. The number of aliphatic hydroxyl groups is 2. The van der Waals surface area contributed by atoms with Gasteiger partial charge >= 0.3 is 0 Å². The number of aliphatic hydroxyl groups excluding tert-OH is 2. The lowest BCUT2D eigenvalue weighted by atomic mass is 10.1. The summed E-state index contributed by atoms with van der Waals surface area (Å²) in [7, 11) is 0. The fourth-order valence-corrected chi connectivity index (χ4v) is 2.36. The molecule has 0 saturated heterocycles. The molecule has 0 spiro atoms. The Morgan fingerprint density at radius 2 is 2.08 bits per heavy atom. The molecule has 0 fully saturated rings. The third-order valence-electron chi connectivity index (χ3n) is 2.04. The summed E-state index contributed by atoms with van der Waals surface area (Å²) in [5, 5.41) is 21.2. The van der Waals surface area contributed by atoms with Crippen LogP contribution in [0.2, 0.25) is 0 Å². The summed E-state index contributed by atoms with van der Waals surface area (Å²) in [6.07, 6.45) is -0.754. The van der Waals surface area contributed by atoms with Crippen LogP contribution in [0, 0.1) is 0 Å². The molecule has 2 N–H and O–H groups in total. The van der Waals surface area contributed by atoms with Gasteiger partial charge in [0.15, 0.2) is 0 Å². The van der Waals surface area contributed by atoms with Crippen LogP contribution in [0.3, 0.4) is 0 Å². The Morgan fingerprint density at radius 3 is 2.85 bits per heavy atom. The first-order chi connectivity index (χ1) is 6.33. The molecule has 0 saturated carbocycles. The highest BCUT2D eigenvalue weighted by Gasteiger charge is 2.10. The zero-order valence-electron chi connectivity index (χ0n) is 6.97. The van der Waals surface area contributed by atoms with Crippen LogP contribution in [-0.2, 0) is 0 Å². The molecule has 3 heteroatoms. The molecule has 1 atom stereocenters. The van der Waals surface area contributed by atoms with Crippen LogP contribution in [0.25, 0.3) is 10.1 Å². The Bertz CT molecular complexity index is 408. The van der Waals surface area contributed by atoms with Crippen LogP contribution in [0.4, 0.5) is 0 Å². The van der Waals surface area contributed by atoms with Crippen molar-refractivity contribution >= 4 is 21.4 Å². The van der Waals surface area contributed by atoms with Crippen molar-refractivity contribution in [2.24, 2.45) is 0 Å². The average Bonchev–Trinajstić information content (AvgIpc) is 2.60. The van der Waals surface area contributed by atoms with Gasteiger partial charge in [-0.15, -0.1) is 11.3 Å². The molecule has 1 aromatic carbocycles. The van der Waals surface area contributed by atoms with Gasteiger partial charge in [0.2, 0.25) is 0 Å². The van der Waals surface area contributed by atoms with Crippen molar-refractivity contribution in [2.75, 3.05) is 6.61 Å². The van der Waals surface area contributed by atoms with Crippen molar-refractivity contribution in [3.63, 3.8) is 0 Å². The Labute approximate surface area is 80.1 Å². The molecule has 68 valence electrons. The van der Waals surface area contributed by atoms with E-state index in [9.17, 15) is 5.11 Å². The third-order valence-corrected chi connectivity index (χ3v) is 3.02. The van der Waals surface area contributed by atoms with E-state index < -0.39 is 6.10 Å². The number of rotatable bonds is 2. The van der Waals surface area contributed by atoms with Crippen molar-refractivity contribution < 1.29 is 10.2 Å². The summed E-state index contributed by atoms with van der Waals surface area (Å²) < 4.78 is 1.14. The maximum Gasteiger partial charge on any atom is 0.103 e. The summed E-state index contributed by atoms with van der Waals surface area (Å²) >= 11 is 1.59. The molecule has 0 bridgehead atoms. The molecule has 13 heavy (non-hydrogen) atoms. The highest BCUT2D eigenvalue weighted by molar-refractivity contribution is 7.17. The molecular weight excluding hydrogens is 184 g/mol. The van der Waals surface area contributed by atoms with E-state index in [2.05, 4.69) is 0 Å². The Balaban J connectivity index is 2.57. The van der Waals surface area contributed by atoms with Crippen molar-refractivity contribution in [1.82, 2.24) is 0 Å². The van der Waals surface area contributed by atoms with Gasteiger partial charge in [-0.2, -0.15) is 0 Å². The van der Waals surface area contributed by atoms with E-state index in [-0.39, 0.29) is 6.61 Å². The van der Waals surface area contributed by atoms with Crippen LogP contribution in [0.15, 0.2) is 29.6 Å². The van der Waals surface area contributed by atoms with E-state index in [4.69, 9.17) is 5.11 Å². The quantitative estimate of drug-likeness (QED) is 0.766. The number of thiophene rings is 1. The van der Waals surface area contributed by atoms with Gasteiger partial charge in [-0.1, -0.05) is 18.2 Å². The number of benzene rings is 1. The summed E-state index contributed by atoms with van der Waals surface area (Å²) in [5.74, 6) is 0. The predicted octanol–water partition coefficient (Wildman–Crippen LogP) is 1.93. The van der Waals surface area contributed by atoms with Crippen LogP contribution in [0.5, 0.6) is 0 Å². The van der Waals surface area contributed by atoms with Gasteiger partial charge in [-0.25, -0.2) is 0 Å². The molecule has 0 aliphatic rings. The fraction of sp³-hybridized carbons (Fsp3) is 0.200. The SMILES string of the molecule is OC[C@@H](O)c1csc2ccccc12. The van der Waals surface area contributed by atoms with Gasteiger partial charge in [0.1, 0.15) is 6.10 Å². The fourth-order valence-electron chi connectivity index (χ4n) is 1.35. The molecule has 2 rings (SSSR count). The molecule has 0 radical (unpaired) electrons. The van der Waals surface area contributed by atoms with Crippen molar-refractivity contribution in [2.45, 2.75) is 6.10 Å². The minimum absolute atomic E-state index is 0.222. The molecule has 0 amide bonds. The highest BCUT2D eigenvalue weighted by Crippen LogP contribution is 2.29. The zero-order valence-corrected chi connectivity index (χ0v) is 7.79. The van der Waals surface area contributed by atoms with Gasteiger partial charge in [-0.3, -0.25) is 0 Å². The lowest BCUT2D eigenvalue weighted by Gasteiger charge is -2.04. The second-order valence-corrected chi connectivity index (χ2v) is 3.80. The number of hydrogen-bond acceptors (Lipinski definition) is 3. The smallest absolute Gasteiger partial charge is 0.103 e. The lowest BCUT2D eigenvalue weighted by molar-refractivity contribution is 0.0970. The second kappa shape index (κ2) is 3.46. The summed E-state index contributed by atoms with van der Waals surface area (Å²) in [5.41, 5.74) is 0.822. The van der Waals surface area contributed by atoms with E-state index in [1.807, 2.05) is 29.6 Å². The minimum atomic E-state index is -0.754. The first-order valence-corrected chi connectivity index (χ1v) is 4.96. The highest BCUT2D eigenvalue weighted by atomic mass is 32.1. The van der Waals surface area contributed by atoms with Crippen LogP contribution < -0.4 is 0 Å². The zero-order chi connectivity index (χ0) is 9.26. The summed E-state index contributed by atoms with van der Waals surface area (Å²) in [4.78, 5) is 0. The average molecular weight is 194 g/mol. The topological polar surface area (TPSA) is 40.5 Å². The van der Waals surface area contributed by atoms with E-state index in [1.54, 1.807) is 11.3 Å². The van der Waals surface area contributed by atoms with Gasteiger partial charge in [0.05, 0.1) is 6.61 Å². The van der Waals surface area contributed by atoms with E-state index in [1.165, 1.54) is 0 Å². The predicted molar refractivity (Wildman–Crippen MR) is 53.9 cm³/mol. The number of fused-ring (bicyclic) bond motifs is 1. The lowest BCUT2D eigenvalue weighted by Crippen LogP contribution is -2.00. The van der Waals surface area contributed by atoms with Crippen LogP contribution in [-0.4, -0.2) is 16.8 Å². The van der Waals surface area contributed by atoms with Gasteiger partial charge in [0, 0.05) is 10.3 Å². The maximum atomic E-state index is 9.47. The number of hydrogen-bond donors (Lipinski definition) is 2. The van der Waals surface area contributed by atoms with E-state index in [0.29, 0.717) is 0 Å². The monoisotopic (exact) mass is 194 g/mol. The molecule has 2 nitrogen and oxygen atoms in total. The third kappa shape index (κ3) is 1.46. The Kier molecular flexibility index (Phi) is 2.31. The van der Waals surface area contributed by atoms with Crippen molar-refractivity contribution in [3.8, 4) is 0 Å². The first-order valence-electron chi connectivity index (χ1n) is 4.08. The maximum absolute atomic E-state index is 9.47. The van der Waals surface area contributed by atoms with E-state index in [0.717, 1.165) is 15.6 Å². The first kappa shape index (κ1) is 8.69. The Hall–Kier alpha value is -0.900. The summed E-state index contributed by atoms with van der Waals surface area (Å²) in [6, 6.07) is 7.87. The van der Waals surface area contributed by atoms with Crippen molar-refractivity contribution in [3.05, 3.63) is 35.2 Å². The van der Waals surface area contributed by atoms with Crippen molar-refractivity contribution in [1.29, 1.82) is 0 Å². The molecule has 1 aromatic heterocycles. The van der Waals surface area contributed by atoms with Gasteiger partial charge in [0.25, 0.3) is 0 Å². The molecule has 0 aliphatic carbocycles. The molecule has 2 aromatic rings. The molecule has 1 heterocycles. The van der Waals surface area contributed by atoms with Crippen LogP contribution in [0.1, 0.15) is 11.7 Å². The van der Waals surface area contributed by atoms with Crippen LogP contribution >= 0.6 is 11.3 Å². The molecular formula is C10H10O2S.